The van der Waals surface area contributed by atoms with Crippen molar-refractivity contribution in [2.75, 3.05) is 0 Å². The molecule has 0 saturated carbocycles. The van der Waals surface area contributed by atoms with Gasteiger partial charge in [0.15, 0.2) is 11.5 Å². The van der Waals surface area contributed by atoms with Crippen molar-refractivity contribution in [1.82, 2.24) is 0 Å². The third kappa shape index (κ3) is 5.70. The number of aromatic hydroxyl groups is 1. The average Bonchev–Trinajstić information content (AvgIpc) is 2.72. The predicted octanol–water partition coefficient (Wildman–Crippen LogP) is 4.85. The quantitative estimate of drug-likeness (QED) is 0.752. The Kier molecular flexibility index (Phi) is 6.75. The van der Waals surface area contributed by atoms with Gasteiger partial charge in [-0.15, -0.1) is 0 Å². The maximum Gasteiger partial charge on any atom is 0.171 e. The number of fused-ring (bicyclic) bond motifs is 1. The van der Waals surface area contributed by atoms with Crippen LogP contribution in [-0.2, 0) is 14.2 Å². The van der Waals surface area contributed by atoms with Crippen LogP contribution in [0.25, 0.3) is 0 Å². The van der Waals surface area contributed by atoms with Gasteiger partial charge in [0.25, 0.3) is 0 Å². The first kappa shape index (κ1) is 18.7. The van der Waals surface area contributed by atoms with E-state index < -0.39 is 0 Å². The molecule has 0 amide bonds. The Morgan fingerprint density at radius 2 is 1.29 bits per heavy atom. The molecule has 3 rings (SSSR count). The number of aliphatic imine (C=N–C) groups is 1. The Labute approximate surface area is 161 Å². The summed E-state index contributed by atoms with van der Waals surface area (Å²) in [7, 11) is 0. The van der Waals surface area contributed by atoms with Crippen molar-refractivity contribution >= 4 is 11.9 Å². The molecule has 0 atom stereocenters. The van der Waals surface area contributed by atoms with E-state index in [0.717, 1.165) is 0 Å². The van der Waals surface area contributed by atoms with Crippen LogP contribution in [0.15, 0.2) is 97.6 Å². The summed E-state index contributed by atoms with van der Waals surface area (Å²) in [5.74, 6) is 0.995. The second-order valence-corrected chi connectivity index (χ2v) is 5.18. The number of hydrogen-bond donors (Lipinski definition) is 1. The molecule has 1 aliphatic rings. The molecule has 28 heavy (non-hydrogen) atoms. The van der Waals surface area contributed by atoms with Crippen LogP contribution in [0, 0.1) is 0 Å². The van der Waals surface area contributed by atoms with Crippen LogP contribution in [-0.4, -0.2) is 11.3 Å². The van der Waals surface area contributed by atoms with Gasteiger partial charge in [0, 0.05) is 17.8 Å². The lowest BCUT2D eigenvalue weighted by atomic mass is 10.2. The van der Waals surface area contributed by atoms with Gasteiger partial charge in [-0.25, -0.2) is 0 Å². The third-order valence-electron chi connectivity index (χ3n) is 3.30. The van der Waals surface area contributed by atoms with E-state index in [9.17, 15) is 5.11 Å². The van der Waals surface area contributed by atoms with Crippen molar-refractivity contribution in [2.24, 2.45) is 4.99 Å². The maximum atomic E-state index is 9.82. The maximum absolute atomic E-state index is 9.82. The number of phenols is 1. The van der Waals surface area contributed by atoms with Gasteiger partial charge in [0.1, 0.15) is 55.8 Å². The molecule has 1 heterocycles. The zero-order valence-corrected chi connectivity index (χ0v) is 14.7. The zero-order valence-electron chi connectivity index (χ0n) is 14.7. The molecule has 0 spiro atoms. The normalized spacial score (nSPS) is 18.4. The molecular formula is C21H17NO6. The first-order valence-electron chi connectivity index (χ1n) is 8.19. The second-order valence-electron chi connectivity index (χ2n) is 5.18. The minimum absolute atomic E-state index is 0.149. The highest BCUT2D eigenvalue weighted by Crippen LogP contribution is 2.32. The summed E-state index contributed by atoms with van der Waals surface area (Å²) in [5.41, 5.74) is 1.21. The van der Waals surface area contributed by atoms with Gasteiger partial charge >= 0.3 is 0 Å². The molecule has 2 aromatic carbocycles. The molecule has 0 fully saturated rings. The summed E-state index contributed by atoms with van der Waals surface area (Å²) >= 11 is 0. The van der Waals surface area contributed by atoms with Crippen molar-refractivity contribution in [1.29, 1.82) is 0 Å². The fraction of sp³-hybridized carbons (Fsp3) is 0. The molecule has 0 aromatic heterocycles. The third-order valence-corrected chi connectivity index (χ3v) is 3.30. The van der Waals surface area contributed by atoms with E-state index in [1.165, 1.54) is 50.1 Å². The lowest BCUT2D eigenvalue weighted by molar-refractivity contribution is 0.316. The van der Waals surface area contributed by atoms with E-state index in [1.807, 2.05) is 6.07 Å². The molecule has 0 unspecified atom stereocenters. The van der Waals surface area contributed by atoms with E-state index in [2.05, 4.69) is 4.99 Å². The Morgan fingerprint density at radius 1 is 0.679 bits per heavy atom. The van der Waals surface area contributed by atoms with Gasteiger partial charge < -0.3 is 28.8 Å². The fourth-order valence-corrected chi connectivity index (χ4v) is 2.04. The molecule has 0 radical (unpaired) electrons. The topological polar surface area (TPSA) is 78.7 Å². The molecule has 7 nitrogen and oxygen atoms in total. The minimum Gasteiger partial charge on any atom is -0.507 e. The van der Waals surface area contributed by atoms with Crippen LogP contribution in [0.2, 0.25) is 0 Å². The Balaban J connectivity index is 1.81. The van der Waals surface area contributed by atoms with E-state index in [4.69, 9.17) is 23.7 Å². The highest BCUT2D eigenvalue weighted by atomic mass is 16.5. The van der Waals surface area contributed by atoms with Crippen LogP contribution in [0.3, 0.4) is 0 Å². The lowest BCUT2D eigenvalue weighted by Crippen LogP contribution is -1.90. The molecule has 2 aromatic rings. The highest BCUT2D eigenvalue weighted by molar-refractivity contribution is 5.85. The summed E-state index contributed by atoms with van der Waals surface area (Å²) in [6.45, 7) is 0. The first-order chi connectivity index (χ1) is 13.8. The van der Waals surface area contributed by atoms with Crippen molar-refractivity contribution in [3.05, 3.63) is 98.1 Å². The molecule has 0 bridgehead atoms. The van der Waals surface area contributed by atoms with Gasteiger partial charge in [0.05, 0.1) is 5.69 Å². The van der Waals surface area contributed by atoms with Crippen molar-refractivity contribution < 1.29 is 28.8 Å². The SMILES string of the molecule is Oc1ccccc1C=Nc1ccc2c(c1)O/C=C\O/C=C\O/C=C\O/C=C\O2. The molecule has 7 heteroatoms. The summed E-state index contributed by atoms with van der Waals surface area (Å²) in [6, 6.07) is 12.0. The lowest BCUT2D eigenvalue weighted by Gasteiger charge is -2.08. The van der Waals surface area contributed by atoms with E-state index in [0.29, 0.717) is 22.7 Å². The van der Waals surface area contributed by atoms with Crippen LogP contribution < -0.4 is 9.47 Å². The number of para-hydroxylation sites is 1. The standard InChI is InChI=1S/C21H17NO6/c23-19-4-2-1-3-17(19)16-22-18-5-6-20-21(15-18)28-14-12-26-10-8-24-7-9-25-11-13-27-20/h1-16,23H/b9-7-,10-8-,13-11-,14-12-,22-16?. The Hall–Kier alpha value is -4.13. The van der Waals surface area contributed by atoms with Gasteiger partial charge in [-0.1, -0.05) is 12.1 Å². The zero-order chi connectivity index (χ0) is 19.4. The molecule has 0 saturated heterocycles. The number of ether oxygens (including phenoxy) is 5. The number of hydrogen-bond acceptors (Lipinski definition) is 7. The average molecular weight is 379 g/mol. The first-order valence-corrected chi connectivity index (χ1v) is 8.19. The molecule has 0 aliphatic carbocycles. The van der Waals surface area contributed by atoms with Crippen molar-refractivity contribution in [3.63, 3.8) is 0 Å². The highest BCUT2D eigenvalue weighted by Gasteiger charge is 2.06. The minimum atomic E-state index is 0.149. The van der Waals surface area contributed by atoms with Crippen LogP contribution >= 0.6 is 0 Å². The predicted molar refractivity (Wildman–Crippen MR) is 103 cm³/mol. The summed E-state index contributed by atoms with van der Waals surface area (Å²) in [4.78, 5) is 4.36. The fourth-order valence-electron chi connectivity index (χ4n) is 2.04. The Morgan fingerprint density at radius 3 is 1.96 bits per heavy atom. The van der Waals surface area contributed by atoms with E-state index in [-0.39, 0.29) is 5.75 Å². The molecular weight excluding hydrogens is 362 g/mol. The number of rotatable bonds is 2. The largest absolute Gasteiger partial charge is 0.507 e. The van der Waals surface area contributed by atoms with Crippen LogP contribution in [0.5, 0.6) is 17.2 Å². The van der Waals surface area contributed by atoms with Crippen LogP contribution in [0.4, 0.5) is 5.69 Å². The van der Waals surface area contributed by atoms with Crippen molar-refractivity contribution in [2.45, 2.75) is 0 Å². The van der Waals surface area contributed by atoms with Crippen LogP contribution in [0.1, 0.15) is 5.56 Å². The summed E-state index contributed by atoms with van der Waals surface area (Å²) < 4.78 is 26.2. The second kappa shape index (κ2) is 10.1. The van der Waals surface area contributed by atoms with Gasteiger partial charge in [0.2, 0.25) is 0 Å². The molecule has 142 valence electrons. The number of nitrogens with zero attached hydrogens (tertiary/aromatic N) is 1. The summed E-state index contributed by atoms with van der Waals surface area (Å²) in [6.07, 6.45) is 12.2. The van der Waals surface area contributed by atoms with Gasteiger partial charge in [-0.2, -0.15) is 0 Å². The van der Waals surface area contributed by atoms with Gasteiger partial charge in [-0.3, -0.25) is 4.99 Å². The number of benzene rings is 2. The van der Waals surface area contributed by atoms with E-state index in [1.54, 1.807) is 42.6 Å². The monoisotopic (exact) mass is 379 g/mol. The number of phenolic OH excluding ortho intramolecular Hbond substituents is 1. The van der Waals surface area contributed by atoms with E-state index >= 15 is 0 Å². The molecule has 1 aliphatic heterocycles. The summed E-state index contributed by atoms with van der Waals surface area (Å²) in [5, 5.41) is 9.82. The molecule has 1 N–H and O–H groups in total. The van der Waals surface area contributed by atoms with Crippen molar-refractivity contribution in [3.8, 4) is 17.2 Å². The van der Waals surface area contributed by atoms with Gasteiger partial charge in [-0.05, 0) is 24.3 Å². The smallest absolute Gasteiger partial charge is 0.171 e. The Bertz CT molecular complexity index is 930.